The van der Waals surface area contributed by atoms with Gasteiger partial charge in [0.25, 0.3) is 0 Å². The molecule has 0 spiro atoms. The predicted molar refractivity (Wildman–Crippen MR) is 70.3 cm³/mol. The van der Waals surface area contributed by atoms with Crippen molar-refractivity contribution in [2.24, 2.45) is 0 Å². The van der Waals surface area contributed by atoms with Crippen molar-refractivity contribution in [3.05, 3.63) is 47.0 Å². The molecule has 2 aromatic rings. The van der Waals surface area contributed by atoms with Gasteiger partial charge in [0.15, 0.2) is 17.5 Å². The minimum atomic E-state index is -1.47. The van der Waals surface area contributed by atoms with Crippen LogP contribution in [0.2, 0.25) is 0 Å². The molecule has 1 N–H and O–H groups in total. The van der Waals surface area contributed by atoms with Crippen LogP contribution in [0.3, 0.4) is 0 Å². The van der Waals surface area contributed by atoms with Crippen molar-refractivity contribution in [3.63, 3.8) is 0 Å². The van der Waals surface area contributed by atoms with E-state index in [1.807, 2.05) is 13.8 Å². The minimum Gasteiger partial charge on any atom is -0.316 e. The van der Waals surface area contributed by atoms with E-state index in [9.17, 15) is 13.2 Å². The molecule has 1 aromatic heterocycles. The third kappa shape index (κ3) is 2.56. The molecule has 0 fully saturated rings. The van der Waals surface area contributed by atoms with Gasteiger partial charge in [0.1, 0.15) is 0 Å². The van der Waals surface area contributed by atoms with E-state index < -0.39 is 17.5 Å². The molecule has 2 rings (SSSR count). The van der Waals surface area contributed by atoms with Crippen LogP contribution in [0.15, 0.2) is 18.3 Å². The van der Waals surface area contributed by atoms with Gasteiger partial charge < -0.3 is 5.32 Å². The molecule has 3 nitrogen and oxygen atoms in total. The minimum absolute atomic E-state index is 0.108. The van der Waals surface area contributed by atoms with Gasteiger partial charge in [-0.1, -0.05) is 13.8 Å². The Balaban J connectivity index is 2.58. The van der Waals surface area contributed by atoms with E-state index in [0.717, 1.165) is 23.4 Å². The number of benzene rings is 1. The number of rotatable bonds is 4. The first-order valence-corrected chi connectivity index (χ1v) is 6.32. The van der Waals surface area contributed by atoms with Crippen LogP contribution in [0, 0.1) is 17.5 Å². The molecule has 0 amide bonds. The van der Waals surface area contributed by atoms with Crippen molar-refractivity contribution in [2.45, 2.75) is 26.3 Å². The lowest BCUT2D eigenvalue weighted by Crippen LogP contribution is -2.11. The number of nitrogens with one attached hydrogen (secondary N) is 1. The molecule has 6 heteroatoms. The number of halogens is 3. The van der Waals surface area contributed by atoms with Gasteiger partial charge in [0.2, 0.25) is 0 Å². The lowest BCUT2D eigenvalue weighted by atomic mass is 10.1. The highest BCUT2D eigenvalue weighted by molar-refractivity contribution is 5.37. The van der Waals surface area contributed by atoms with Gasteiger partial charge in [-0.25, -0.2) is 17.9 Å². The Morgan fingerprint density at radius 3 is 2.30 bits per heavy atom. The molecule has 0 saturated carbocycles. The average Bonchev–Trinajstić information content (AvgIpc) is 2.79. The van der Waals surface area contributed by atoms with E-state index in [-0.39, 0.29) is 11.6 Å². The number of hydrogen-bond acceptors (Lipinski definition) is 2. The summed E-state index contributed by atoms with van der Waals surface area (Å²) in [7, 11) is 1.80. The Labute approximate surface area is 115 Å². The molecule has 0 atom stereocenters. The second-order valence-corrected chi connectivity index (χ2v) is 4.88. The van der Waals surface area contributed by atoms with Crippen molar-refractivity contribution in [3.8, 4) is 5.69 Å². The fraction of sp³-hybridized carbons (Fsp3) is 0.357. The van der Waals surface area contributed by atoms with Crippen molar-refractivity contribution in [1.29, 1.82) is 0 Å². The third-order valence-electron chi connectivity index (χ3n) is 3.01. The van der Waals surface area contributed by atoms with Gasteiger partial charge in [-0.3, -0.25) is 0 Å². The highest BCUT2D eigenvalue weighted by Gasteiger charge is 2.18. The van der Waals surface area contributed by atoms with Crippen LogP contribution in [0.25, 0.3) is 5.69 Å². The monoisotopic (exact) mass is 283 g/mol. The van der Waals surface area contributed by atoms with Crippen LogP contribution in [0.1, 0.15) is 31.0 Å². The lowest BCUT2D eigenvalue weighted by molar-refractivity contribution is 0.445. The summed E-state index contributed by atoms with van der Waals surface area (Å²) in [5.74, 6) is -3.81. The van der Waals surface area contributed by atoms with Crippen molar-refractivity contribution < 1.29 is 13.2 Å². The van der Waals surface area contributed by atoms with Gasteiger partial charge in [-0.15, -0.1) is 0 Å². The standard InChI is InChI=1S/C14H16F3N3/c1-8(2)14-9(6-18-3)7-19-20(14)10-4-11(15)13(17)12(16)5-10/h4-5,7-8,18H,6H2,1-3H3. The lowest BCUT2D eigenvalue weighted by Gasteiger charge is -2.13. The van der Waals surface area contributed by atoms with Gasteiger partial charge >= 0.3 is 0 Å². The summed E-state index contributed by atoms with van der Waals surface area (Å²) in [6.07, 6.45) is 1.64. The molecule has 1 aromatic carbocycles. The van der Waals surface area contributed by atoms with E-state index in [0.29, 0.717) is 6.54 Å². The van der Waals surface area contributed by atoms with Gasteiger partial charge in [0, 0.05) is 24.2 Å². The van der Waals surface area contributed by atoms with Crippen molar-refractivity contribution in [2.75, 3.05) is 7.05 Å². The van der Waals surface area contributed by atoms with Gasteiger partial charge in [0.05, 0.1) is 17.6 Å². The first-order chi connectivity index (χ1) is 9.45. The predicted octanol–water partition coefficient (Wildman–Crippen LogP) is 3.13. The molecule has 108 valence electrons. The smallest absolute Gasteiger partial charge is 0.194 e. The molecule has 0 radical (unpaired) electrons. The summed E-state index contributed by atoms with van der Waals surface area (Å²) < 4.78 is 41.2. The van der Waals surface area contributed by atoms with Crippen LogP contribution in [0.4, 0.5) is 13.2 Å². The molecule has 20 heavy (non-hydrogen) atoms. The van der Waals surface area contributed by atoms with Crippen molar-refractivity contribution >= 4 is 0 Å². The van der Waals surface area contributed by atoms with Gasteiger partial charge in [-0.2, -0.15) is 5.10 Å². The highest BCUT2D eigenvalue weighted by Crippen LogP contribution is 2.24. The van der Waals surface area contributed by atoms with Crippen LogP contribution in [-0.4, -0.2) is 16.8 Å². The summed E-state index contributed by atoms with van der Waals surface area (Å²) in [5, 5.41) is 7.17. The van der Waals surface area contributed by atoms with E-state index >= 15 is 0 Å². The maximum atomic E-state index is 13.3. The van der Waals surface area contributed by atoms with E-state index in [4.69, 9.17) is 0 Å². The van der Waals surface area contributed by atoms with Crippen LogP contribution in [0.5, 0.6) is 0 Å². The fourth-order valence-corrected chi connectivity index (χ4v) is 2.20. The molecule has 1 heterocycles. The Morgan fingerprint density at radius 2 is 1.80 bits per heavy atom. The van der Waals surface area contributed by atoms with Crippen LogP contribution >= 0.6 is 0 Å². The van der Waals surface area contributed by atoms with Crippen LogP contribution in [-0.2, 0) is 6.54 Å². The first kappa shape index (κ1) is 14.6. The molecular formula is C14H16F3N3. The maximum absolute atomic E-state index is 13.3. The molecule has 0 unspecified atom stereocenters. The SMILES string of the molecule is CNCc1cnn(-c2cc(F)c(F)c(F)c2)c1C(C)C. The molecule has 0 aliphatic heterocycles. The summed E-state index contributed by atoms with van der Waals surface area (Å²) in [4.78, 5) is 0. The van der Waals surface area contributed by atoms with E-state index in [1.165, 1.54) is 4.68 Å². The average molecular weight is 283 g/mol. The Hall–Kier alpha value is -1.82. The summed E-state index contributed by atoms with van der Waals surface area (Å²) in [5.41, 5.74) is 1.95. The second kappa shape index (κ2) is 5.66. The zero-order valence-electron chi connectivity index (χ0n) is 11.5. The summed E-state index contributed by atoms with van der Waals surface area (Å²) in [6.45, 7) is 4.52. The first-order valence-electron chi connectivity index (χ1n) is 6.32. The number of aromatic nitrogens is 2. The number of nitrogens with zero attached hydrogens (tertiary/aromatic N) is 2. The van der Waals surface area contributed by atoms with Gasteiger partial charge in [-0.05, 0) is 13.0 Å². The Bertz CT molecular complexity index is 597. The highest BCUT2D eigenvalue weighted by atomic mass is 19.2. The third-order valence-corrected chi connectivity index (χ3v) is 3.01. The molecule has 0 saturated heterocycles. The Morgan fingerprint density at radius 1 is 1.20 bits per heavy atom. The van der Waals surface area contributed by atoms with E-state index in [1.54, 1.807) is 13.2 Å². The summed E-state index contributed by atoms with van der Waals surface area (Å²) >= 11 is 0. The van der Waals surface area contributed by atoms with Crippen LogP contribution < -0.4 is 5.32 Å². The Kier molecular flexibility index (Phi) is 4.13. The topological polar surface area (TPSA) is 29.9 Å². The van der Waals surface area contributed by atoms with E-state index in [2.05, 4.69) is 10.4 Å². The second-order valence-electron chi connectivity index (χ2n) is 4.88. The number of hydrogen-bond donors (Lipinski definition) is 1. The zero-order chi connectivity index (χ0) is 14.9. The maximum Gasteiger partial charge on any atom is 0.194 e. The van der Waals surface area contributed by atoms with Crippen molar-refractivity contribution in [1.82, 2.24) is 15.1 Å². The summed E-state index contributed by atoms with van der Waals surface area (Å²) in [6, 6.07) is 1.89. The molecular weight excluding hydrogens is 267 g/mol. The molecule has 0 aliphatic rings. The normalized spacial score (nSPS) is 11.3. The zero-order valence-corrected chi connectivity index (χ0v) is 11.5. The largest absolute Gasteiger partial charge is 0.316 e. The molecule has 0 aliphatic carbocycles. The quantitative estimate of drug-likeness (QED) is 0.874. The fourth-order valence-electron chi connectivity index (χ4n) is 2.20. The molecule has 0 bridgehead atoms.